The SMILES string of the molecule is CNC(=O)C1CCN(C)CCN1C1(C(=O)N(C)C)CNCCCN1. The summed E-state index contributed by atoms with van der Waals surface area (Å²) in [5, 5.41) is 9.63. The van der Waals surface area contributed by atoms with Crippen molar-refractivity contribution in [1.29, 1.82) is 0 Å². The smallest absolute Gasteiger partial charge is 0.258 e. The monoisotopic (exact) mass is 340 g/mol. The molecule has 2 saturated heterocycles. The van der Waals surface area contributed by atoms with E-state index in [0.29, 0.717) is 19.5 Å². The largest absolute Gasteiger partial charge is 0.358 e. The molecule has 0 bridgehead atoms. The van der Waals surface area contributed by atoms with Crippen molar-refractivity contribution in [3.63, 3.8) is 0 Å². The van der Waals surface area contributed by atoms with Gasteiger partial charge in [0.05, 0.1) is 6.04 Å². The Bertz CT molecular complexity index is 448. The van der Waals surface area contributed by atoms with Crippen LogP contribution < -0.4 is 16.0 Å². The number of carbonyl (C=O) groups excluding carboxylic acids is 2. The average molecular weight is 340 g/mol. The molecule has 2 unspecified atom stereocenters. The van der Waals surface area contributed by atoms with E-state index in [2.05, 4.69) is 32.8 Å². The Morgan fingerprint density at radius 2 is 1.96 bits per heavy atom. The van der Waals surface area contributed by atoms with Gasteiger partial charge in [0.1, 0.15) is 0 Å². The molecule has 2 aliphatic rings. The lowest BCUT2D eigenvalue weighted by Crippen LogP contribution is -2.73. The first-order valence-corrected chi connectivity index (χ1v) is 8.77. The zero-order valence-corrected chi connectivity index (χ0v) is 15.4. The van der Waals surface area contributed by atoms with Crippen LogP contribution in [0.1, 0.15) is 12.8 Å². The third-order valence-electron chi connectivity index (χ3n) is 5.01. The molecule has 24 heavy (non-hydrogen) atoms. The number of rotatable bonds is 3. The summed E-state index contributed by atoms with van der Waals surface area (Å²) in [5.74, 6) is -0.0300. The highest BCUT2D eigenvalue weighted by Crippen LogP contribution is 2.23. The summed E-state index contributed by atoms with van der Waals surface area (Å²) < 4.78 is 0. The van der Waals surface area contributed by atoms with Crippen LogP contribution in [0.4, 0.5) is 0 Å². The molecule has 2 rings (SSSR count). The lowest BCUT2D eigenvalue weighted by Gasteiger charge is -2.46. The van der Waals surface area contributed by atoms with E-state index in [1.807, 2.05) is 0 Å². The van der Waals surface area contributed by atoms with Crippen molar-refractivity contribution in [2.24, 2.45) is 0 Å². The topological polar surface area (TPSA) is 80.0 Å². The van der Waals surface area contributed by atoms with Gasteiger partial charge in [0.15, 0.2) is 5.66 Å². The van der Waals surface area contributed by atoms with Crippen molar-refractivity contribution in [1.82, 2.24) is 30.7 Å². The Kier molecular flexibility index (Phi) is 6.56. The Balaban J connectivity index is 2.42. The zero-order chi connectivity index (χ0) is 17.7. The van der Waals surface area contributed by atoms with Gasteiger partial charge in [0.2, 0.25) is 5.91 Å². The molecule has 0 radical (unpaired) electrons. The number of hydrogen-bond donors (Lipinski definition) is 3. The van der Waals surface area contributed by atoms with Gasteiger partial charge in [-0.15, -0.1) is 0 Å². The number of likely N-dealkylation sites (N-methyl/N-ethyl adjacent to an activating group) is 3. The van der Waals surface area contributed by atoms with Crippen molar-refractivity contribution < 1.29 is 9.59 Å². The van der Waals surface area contributed by atoms with Crippen LogP contribution in [0.25, 0.3) is 0 Å². The molecule has 0 aromatic heterocycles. The molecule has 0 aliphatic carbocycles. The van der Waals surface area contributed by atoms with Gasteiger partial charge in [-0.1, -0.05) is 0 Å². The van der Waals surface area contributed by atoms with Crippen molar-refractivity contribution in [3.8, 4) is 0 Å². The Hall–Kier alpha value is -1.22. The average Bonchev–Trinajstić information content (AvgIpc) is 2.92. The van der Waals surface area contributed by atoms with E-state index in [1.165, 1.54) is 0 Å². The van der Waals surface area contributed by atoms with E-state index in [0.717, 1.165) is 32.6 Å². The van der Waals surface area contributed by atoms with Crippen molar-refractivity contribution >= 4 is 11.8 Å². The predicted molar refractivity (Wildman–Crippen MR) is 93.6 cm³/mol. The van der Waals surface area contributed by atoms with Crippen LogP contribution in [-0.4, -0.2) is 106 Å². The maximum atomic E-state index is 13.2. The molecule has 2 atom stereocenters. The molecular formula is C16H32N6O2. The molecule has 8 nitrogen and oxygen atoms in total. The Morgan fingerprint density at radius 1 is 1.21 bits per heavy atom. The standard InChI is InChI=1S/C16H32N6O2/c1-17-14(23)13-6-9-21(4)10-11-22(13)16(15(24)20(2)3)12-18-7-5-8-19-16/h13,18-19H,5-12H2,1-4H3,(H,17,23). The van der Waals surface area contributed by atoms with Crippen molar-refractivity contribution in [2.75, 3.05) is 67.5 Å². The minimum atomic E-state index is -0.887. The quantitative estimate of drug-likeness (QED) is 0.557. The van der Waals surface area contributed by atoms with Crippen LogP contribution in [0.15, 0.2) is 0 Å². The molecule has 138 valence electrons. The fraction of sp³-hybridized carbons (Fsp3) is 0.875. The highest BCUT2D eigenvalue weighted by molar-refractivity contribution is 5.88. The number of nitrogens with zero attached hydrogens (tertiary/aromatic N) is 3. The first kappa shape index (κ1) is 19.1. The summed E-state index contributed by atoms with van der Waals surface area (Å²) in [7, 11) is 7.27. The van der Waals surface area contributed by atoms with Crippen LogP contribution in [0.2, 0.25) is 0 Å². The first-order chi connectivity index (χ1) is 11.4. The van der Waals surface area contributed by atoms with E-state index in [-0.39, 0.29) is 17.9 Å². The van der Waals surface area contributed by atoms with Crippen LogP contribution in [0.3, 0.4) is 0 Å². The van der Waals surface area contributed by atoms with Crippen molar-refractivity contribution in [3.05, 3.63) is 0 Å². The normalized spacial score (nSPS) is 30.2. The van der Waals surface area contributed by atoms with Gasteiger partial charge < -0.3 is 20.4 Å². The van der Waals surface area contributed by atoms with Gasteiger partial charge in [0.25, 0.3) is 5.91 Å². The van der Waals surface area contributed by atoms with Crippen molar-refractivity contribution in [2.45, 2.75) is 24.5 Å². The number of hydrogen-bond acceptors (Lipinski definition) is 6. The maximum Gasteiger partial charge on any atom is 0.258 e. The number of amides is 2. The van der Waals surface area contributed by atoms with Gasteiger partial charge in [-0.2, -0.15) is 0 Å². The molecule has 0 saturated carbocycles. The Morgan fingerprint density at radius 3 is 2.62 bits per heavy atom. The second kappa shape index (κ2) is 8.24. The van der Waals surface area contributed by atoms with Crippen LogP contribution in [0, 0.1) is 0 Å². The van der Waals surface area contributed by atoms with E-state index in [9.17, 15) is 9.59 Å². The van der Waals surface area contributed by atoms with E-state index >= 15 is 0 Å². The summed E-state index contributed by atoms with van der Waals surface area (Å²) >= 11 is 0. The van der Waals surface area contributed by atoms with Gasteiger partial charge in [0, 0.05) is 40.8 Å². The number of carbonyl (C=O) groups is 2. The third kappa shape index (κ3) is 3.88. The molecule has 2 heterocycles. The lowest BCUT2D eigenvalue weighted by molar-refractivity contribution is -0.149. The van der Waals surface area contributed by atoms with Gasteiger partial charge in [-0.25, -0.2) is 0 Å². The molecule has 3 N–H and O–H groups in total. The molecule has 2 amide bonds. The van der Waals surface area contributed by atoms with Gasteiger partial charge in [-0.3, -0.25) is 19.8 Å². The lowest BCUT2D eigenvalue weighted by atomic mass is 10.0. The predicted octanol–water partition coefficient (Wildman–Crippen LogP) is -1.89. The molecule has 0 spiro atoms. The van der Waals surface area contributed by atoms with Crippen LogP contribution in [-0.2, 0) is 9.59 Å². The summed E-state index contributed by atoms with van der Waals surface area (Å²) in [6.45, 7) is 4.46. The van der Waals surface area contributed by atoms with Gasteiger partial charge in [-0.05, 0) is 39.5 Å². The minimum absolute atomic E-state index is 0.00430. The molecule has 2 fully saturated rings. The maximum absolute atomic E-state index is 13.2. The highest BCUT2D eigenvalue weighted by atomic mass is 16.2. The molecule has 2 aliphatic heterocycles. The van der Waals surface area contributed by atoms with E-state index in [4.69, 9.17) is 0 Å². The first-order valence-electron chi connectivity index (χ1n) is 8.77. The Labute approximate surface area is 144 Å². The van der Waals surface area contributed by atoms with E-state index in [1.54, 1.807) is 26.0 Å². The second-order valence-corrected chi connectivity index (χ2v) is 6.93. The van der Waals surface area contributed by atoms with Gasteiger partial charge >= 0.3 is 0 Å². The summed E-state index contributed by atoms with van der Waals surface area (Å²) in [5.41, 5.74) is -0.887. The van der Waals surface area contributed by atoms with Crippen LogP contribution in [0.5, 0.6) is 0 Å². The van der Waals surface area contributed by atoms with E-state index < -0.39 is 5.66 Å². The number of nitrogens with one attached hydrogen (secondary N) is 3. The van der Waals surface area contributed by atoms with Crippen LogP contribution >= 0.6 is 0 Å². The summed E-state index contributed by atoms with van der Waals surface area (Å²) in [6, 6.07) is -0.323. The minimum Gasteiger partial charge on any atom is -0.358 e. The second-order valence-electron chi connectivity index (χ2n) is 6.93. The summed E-state index contributed by atoms with van der Waals surface area (Å²) in [6.07, 6.45) is 1.67. The third-order valence-corrected chi connectivity index (χ3v) is 5.01. The molecular weight excluding hydrogens is 308 g/mol. The molecule has 0 aromatic carbocycles. The molecule has 8 heteroatoms. The fourth-order valence-electron chi connectivity index (χ4n) is 3.63. The highest BCUT2D eigenvalue weighted by Gasteiger charge is 2.49. The zero-order valence-electron chi connectivity index (χ0n) is 15.4. The fourth-order valence-corrected chi connectivity index (χ4v) is 3.63. The summed E-state index contributed by atoms with van der Waals surface area (Å²) in [4.78, 5) is 31.6. The molecule has 0 aromatic rings.